The minimum Gasteiger partial charge on any atom is -0.508 e. The van der Waals surface area contributed by atoms with Gasteiger partial charge in [-0.25, -0.2) is 0 Å². The van der Waals surface area contributed by atoms with Crippen LogP contribution in [0.15, 0.2) is 30.3 Å². The minimum atomic E-state index is -1.16. The number of aromatic hydroxyl groups is 4. The first-order chi connectivity index (χ1) is 16.2. The van der Waals surface area contributed by atoms with Crippen molar-refractivity contribution in [1.29, 1.82) is 0 Å². The molecule has 5 N–H and O–H groups in total. The fraction of sp³-hybridized carbons (Fsp3) is 0.259. The van der Waals surface area contributed by atoms with E-state index in [1.54, 1.807) is 6.07 Å². The maximum atomic E-state index is 13.3. The average Bonchev–Trinajstić information content (AvgIpc) is 2.76. The summed E-state index contributed by atoms with van der Waals surface area (Å²) in [6, 6.07) is 7.02. The summed E-state index contributed by atoms with van der Waals surface area (Å²) in [5.41, 5.74) is 1.45. The zero-order valence-corrected chi connectivity index (χ0v) is 18.6. The Bertz CT molecular complexity index is 1390. The molecule has 34 heavy (non-hydrogen) atoms. The Morgan fingerprint density at radius 1 is 0.794 bits per heavy atom. The van der Waals surface area contributed by atoms with Crippen LogP contribution in [0.1, 0.15) is 80.8 Å². The van der Waals surface area contributed by atoms with Crippen molar-refractivity contribution in [3.63, 3.8) is 0 Å². The van der Waals surface area contributed by atoms with Crippen molar-refractivity contribution in [3.05, 3.63) is 69.3 Å². The lowest BCUT2D eigenvalue weighted by Gasteiger charge is -2.29. The Labute approximate surface area is 195 Å². The highest BCUT2D eigenvalue weighted by molar-refractivity contribution is 6.31. The second-order valence-corrected chi connectivity index (χ2v) is 8.98. The van der Waals surface area contributed by atoms with Gasteiger partial charge in [0, 0.05) is 34.7 Å². The fourth-order valence-corrected chi connectivity index (χ4v) is 5.19. The lowest BCUT2D eigenvalue weighted by Crippen LogP contribution is -2.23. The zero-order chi connectivity index (χ0) is 24.3. The van der Waals surface area contributed by atoms with Gasteiger partial charge in [0.25, 0.3) is 0 Å². The van der Waals surface area contributed by atoms with Gasteiger partial charge in [-0.2, -0.15) is 0 Å². The van der Waals surface area contributed by atoms with E-state index in [9.17, 15) is 35.1 Å². The van der Waals surface area contributed by atoms with E-state index in [2.05, 4.69) is 6.92 Å². The van der Waals surface area contributed by atoms with Crippen LogP contribution in [-0.2, 0) is 12.8 Å². The van der Waals surface area contributed by atoms with Gasteiger partial charge in [0.15, 0.2) is 5.78 Å². The van der Waals surface area contributed by atoms with Crippen LogP contribution < -0.4 is 0 Å². The lowest BCUT2D eigenvalue weighted by molar-refractivity contribution is 0.0972. The highest BCUT2D eigenvalue weighted by Gasteiger charge is 2.39. The normalized spacial score (nSPS) is 16.0. The van der Waals surface area contributed by atoms with Crippen molar-refractivity contribution >= 4 is 11.6 Å². The number of hydrogen-bond donors (Lipinski definition) is 5. The molecule has 0 heterocycles. The molecule has 0 saturated heterocycles. The predicted molar refractivity (Wildman–Crippen MR) is 124 cm³/mol. The number of rotatable bonds is 4. The maximum absolute atomic E-state index is 13.3. The summed E-state index contributed by atoms with van der Waals surface area (Å²) in [4.78, 5) is 26.5. The molecule has 0 spiro atoms. The molecule has 0 fully saturated rings. The molecule has 0 aliphatic heterocycles. The number of aryl methyl sites for hydroxylation is 1. The number of hydrogen-bond acceptors (Lipinski definition) is 7. The monoisotopic (exact) mass is 460 g/mol. The average molecular weight is 460 g/mol. The first-order valence-corrected chi connectivity index (χ1v) is 11.3. The standard InChI is InChI=1S/C27H24O7/c1-2-3-4-5-12-6-13-8-19(30)22-15(21(13)18(29)7-12)11-17-24(26(22)33)27(34)23-16(25(17)32)9-14(28)10-20(23)31/h6-7,9-11,19,28-31,33H,2-5,8H2,1H3/t19-/m0/s1. The second-order valence-electron chi connectivity index (χ2n) is 8.98. The van der Waals surface area contributed by atoms with E-state index in [1.165, 1.54) is 6.07 Å². The number of benzene rings is 3. The summed E-state index contributed by atoms with van der Waals surface area (Å²) in [5, 5.41) is 52.9. The molecule has 5 rings (SSSR count). The van der Waals surface area contributed by atoms with Crippen LogP contribution >= 0.6 is 0 Å². The number of carbonyl (C=O) groups is 2. The molecule has 2 aliphatic carbocycles. The summed E-state index contributed by atoms with van der Waals surface area (Å²) < 4.78 is 0. The maximum Gasteiger partial charge on any atom is 0.201 e. The first kappa shape index (κ1) is 22.0. The van der Waals surface area contributed by atoms with E-state index >= 15 is 0 Å². The fourth-order valence-electron chi connectivity index (χ4n) is 5.19. The molecule has 0 unspecified atom stereocenters. The van der Waals surface area contributed by atoms with Crippen LogP contribution in [-0.4, -0.2) is 37.1 Å². The third-order valence-electron chi connectivity index (χ3n) is 6.73. The van der Waals surface area contributed by atoms with Crippen LogP contribution in [0.5, 0.6) is 23.0 Å². The van der Waals surface area contributed by atoms with E-state index in [0.717, 1.165) is 43.4 Å². The number of unbranched alkanes of at least 4 members (excludes halogenated alkanes) is 2. The van der Waals surface area contributed by atoms with Crippen LogP contribution in [0, 0.1) is 0 Å². The third kappa shape index (κ3) is 3.15. The van der Waals surface area contributed by atoms with Gasteiger partial charge in [-0.05, 0) is 47.7 Å². The quantitative estimate of drug-likeness (QED) is 0.287. The molecule has 0 bridgehead atoms. The van der Waals surface area contributed by atoms with Gasteiger partial charge in [-0.15, -0.1) is 0 Å². The molecular formula is C27H24O7. The van der Waals surface area contributed by atoms with Crippen molar-refractivity contribution in [2.45, 2.75) is 45.1 Å². The molecule has 3 aromatic carbocycles. The first-order valence-electron chi connectivity index (χ1n) is 11.3. The molecule has 0 amide bonds. The lowest BCUT2D eigenvalue weighted by atomic mass is 9.75. The number of ketones is 2. The SMILES string of the molecule is CCCCCc1cc(O)c2c(c1)C[C@H](O)c1c-2cc2c(c1O)C(=O)c1c(O)cc(O)cc1C2=O. The molecule has 0 radical (unpaired) electrons. The molecule has 0 saturated carbocycles. The van der Waals surface area contributed by atoms with E-state index < -0.39 is 29.2 Å². The van der Waals surface area contributed by atoms with Crippen molar-refractivity contribution in [2.75, 3.05) is 0 Å². The number of aliphatic hydroxyl groups excluding tert-OH is 1. The van der Waals surface area contributed by atoms with Gasteiger partial charge < -0.3 is 25.5 Å². The number of aliphatic hydroxyl groups is 1. The van der Waals surface area contributed by atoms with Crippen molar-refractivity contribution in [1.82, 2.24) is 0 Å². The highest BCUT2D eigenvalue weighted by atomic mass is 16.3. The largest absolute Gasteiger partial charge is 0.508 e. The molecule has 7 nitrogen and oxygen atoms in total. The molecule has 2 aliphatic rings. The van der Waals surface area contributed by atoms with E-state index in [0.29, 0.717) is 11.1 Å². The van der Waals surface area contributed by atoms with Gasteiger partial charge in [0.1, 0.15) is 23.0 Å². The smallest absolute Gasteiger partial charge is 0.201 e. The van der Waals surface area contributed by atoms with Crippen LogP contribution in [0.2, 0.25) is 0 Å². The molecule has 3 aromatic rings. The number of carbonyl (C=O) groups excluding carboxylic acids is 2. The second kappa shape index (κ2) is 7.88. The van der Waals surface area contributed by atoms with Gasteiger partial charge in [0.05, 0.1) is 17.2 Å². The minimum absolute atomic E-state index is 0.0261. The van der Waals surface area contributed by atoms with Gasteiger partial charge >= 0.3 is 0 Å². The summed E-state index contributed by atoms with van der Waals surface area (Å²) in [5.74, 6) is -2.97. The third-order valence-corrected chi connectivity index (χ3v) is 6.73. The van der Waals surface area contributed by atoms with E-state index in [1.807, 2.05) is 6.07 Å². The van der Waals surface area contributed by atoms with E-state index in [4.69, 9.17) is 0 Å². The summed E-state index contributed by atoms with van der Waals surface area (Å²) in [6.45, 7) is 2.11. The Balaban J connectivity index is 1.71. The molecular weight excluding hydrogens is 436 g/mol. The van der Waals surface area contributed by atoms with Crippen molar-refractivity contribution in [2.24, 2.45) is 0 Å². The summed E-state index contributed by atoms with van der Waals surface area (Å²) in [6.07, 6.45) is 2.85. The Kier molecular flexibility index (Phi) is 5.10. The van der Waals surface area contributed by atoms with Crippen molar-refractivity contribution < 1.29 is 35.1 Å². The van der Waals surface area contributed by atoms with Crippen LogP contribution in [0.3, 0.4) is 0 Å². The summed E-state index contributed by atoms with van der Waals surface area (Å²) in [7, 11) is 0. The topological polar surface area (TPSA) is 135 Å². The van der Waals surface area contributed by atoms with Gasteiger partial charge in [0.2, 0.25) is 5.78 Å². The Morgan fingerprint density at radius 3 is 2.24 bits per heavy atom. The zero-order valence-electron chi connectivity index (χ0n) is 18.6. The predicted octanol–water partition coefficient (Wildman–Crippen LogP) is 4.27. The van der Waals surface area contributed by atoms with Gasteiger partial charge in [-0.1, -0.05) is 25.8 Å². The molecule has 7 heteroatoms. The van der Waals surface area contributed by atoms with Gasteiger partial charge in [-0.3, -0.25) is 9.59 Å². The highest BCUT2D eigenvalue weighted by Crippen LogP contribution is 2.51. The number of phenolic OH excluding ortho intramolecular Hbond substituents is 4. The molecule has 0 aromatic heterocycles. The number of fused-ring (bicyclic) bond motifs is 5. The van der Waals surface area contributed by atoms with Crippen molar-refractivity contribution in [3.8, 4) is 34.1 Å². The Morgan fingerprint density at radius 2 is 1.50 bits per heavy atom. The summed E-state index contributed by atoms with van der Waals surface area (Å²) >= 11 is 0. The Hall–Kier alpha value is -3.84. The van der Waals surface area contributed by atoms with Crippen LogP contribution in [0.25, 0.3) is 11.1 Å². The molecule has 1 atom stereocenters. The van der Waals surface area contributed by atoms with E-state index in [-0.39, 0.29) is 51.3 Å². The van der Waals surface area contributed by atoms with Crippen LogP contribution in [0.4, 0.5) is 0 Å². The number of phenols is 4. The molecule has 174 valence electrons.